The van der Waals surface area contributed by atoms with Gasteiger partial charge in [0.2, 0.25) is 5.91 Å². The van der Waals surface area contributed by atoms with Gasteiger partial charge in [0.15, 0.2) is 0 Å². The molecule has 0 atom stereocenters. The van der Waals surface area contributed by atoms with Crippen LogP contribution in [0, 0.1) is 0 Å². The Hall–Kier alpha value is -2.33. The Morgan fingerprint density at radius 1 is 1.08 bits per heavy atom. The van der Waals surface area contributed by atoms with Gasteiger partial charge in [-0.05, 0) is 42.6 Å². The average Bonchev–Trinajstić information content (AvgIpc) is 2.56. The third-order valence-corrected chi connectivity index (χ3v) is 4.15. The topological polar surface area (TPSA) is 41.6 Å². The Kier molecular flexibility index (Phi) is 6.81. The van der Waals surface area contributed by atoms with Gasteiger partial charge < -0.3 is 10.1 Å². The number of carbonyl (C=O) groups excluding carboxylic acids is 1. The Balaban J connectivity index is 1.91. The summed E-state index contributed by atoms with van der Waals surface area (Å²) in [5, 5.41) is 2.94. The standard InChI is InChI=1S/C22H30N2O2/c1-6-26-20-10-8-7-9-19(20)23-21(25)16-24(5)15-17-11-13-18(14-12-17)22(2,3)4/h7-14H,6,15-16H2,1-5H3,(H,23,25). The Morgan fingerprint density at radius 3 is 2.35 bits per heavy atom. The lowest BCUT2D eigenvalue weighted by Gasteiger charge is -2.20. The molecule has 4 heteroatoms. The third-order valence-electron chi connectivity index (χ3n) is 4.15. The number of carbonyl (C=O) groups is 1. The molecule has 0 unspecified atom stereocenters. The summed E-state index contributed by atoms with van der Waals surface area (Å²) >= 11 is 0. The van der Waals surface area contributed by atoms with E-state index >= 15 is 0 Å². The molecule has 2 rings (SSSR count). The monoisotopic (exact) mass is 354 g/mol. The van der Waals surface area contributed by atoms with Crippen LogP contribution in [0.1, 0.15) is 38.8 Å². The molecule has 2 aromatic rings. The molecular formula is C22H30N2O2. The highest BCUT2D eigenvalue weighted by Gasteiger charge is 2.14. The summed E-state index contributed by atoms with van der Waals surface area (Å²) in [6.45, 7) is 10.2. The molecule has 0 radical (unpaired) electrons. The number of amides is 1. The largest absolute Gasteiger partial charge is 0.492 e. The first-order valence-corrected chi connectivity index (χ1v) is 9.09. The van der Waals surface area contributed by atoms with Gasteiger partial charge in [0, 0.05) is 6.54 Å². The molecule has 0 spiro atoms. The van der Waals surface area contributed by atoms with E-state index in [0.29, 0.717) is 24.6 Å². The number of benzene rings is 2. The lowest BCUT2D eigenvalue weighted by molar-refractivity contribution is -0.117. The third kappa shape index (κ3) is 5.88. The lowest BCUT2D eigenvalue weighted by atomic mass is 9.87. The molecule has 1 amide bonds. The number of para-hydroxylation sites is 2. The normalized spacial score (nSPS) is 11.5. The first-order chi connectivity index (χ1) is 12.3. The molecule has 0 saturated heterocycles. The van der Waals surface area contributed by atoms with Gasteiger partial charge in [-0.15, -0.1) is 0 Å². The number of rotatable bonds is 7. The smallest absolute Gasteiger partial charge is 0.238 e. The van der Waals surface area contributed by atoms with Crippen molar-refractivity contribution in [2.75, 3.05) is 25.5 Å². The quantitative estimate of drug-likeness (QED) is 0.798. The molecule has 1 N–H and O–H groups in total. The molecule has 0 fully saturated rings. The maximum absolute atomic E-state index is 12.3. The first-order valence-electron chi connectivity index (χ1n) is 9.09. The minimum absolute atomic E-state index is 0.0500. The van der Waals surface area contributed by atoms with Crippen molar-refractivity contribution in [2.45, 2.75) is 39.7 Å². The van der Waals surface area contributed by atoms with Crippen molar-refractivity contribution in [1.29, 1.82) is 0 Å². The zero-order chi connectivity index (χ0) is 19.2. The summed E-state index contributed by atoms with van der Waals surface area (Å²) in [5.41, 5.74) is 3.37. The predicted molar refractivity (Wildman–Crippen MR) is 108 cm³/mol. The number of hydrogen-bond donors (Lipinski definition) is 1. The van der Waals surface area contributed by atoms with Crippen LogP contribution in [0.5, 0.6) is 5.75 Å². The second kappa shape index (κ2) is 8.86. The van der Waals surface area contributed by atoms with Crippen molar-refractivity contribution in [1.82, 2.24) is 4.90 Å². The van der Waals surface area contributed by atoms with Crippen LogP contribution in [0.2, 0.25) is 0 Å². The van der Waals surface area contributed by atoms with E-state index in [1.54, 1.807) is 0 Å². The van der Waals surface area contributed by atoms with E-state index in [9.17, 15) is 4.79 Å². The van der Waals surface area contributed by atoms with Gasteiger partial charge in [0.1, 0.15) is 5.75 Å². The highest BCUT2D eigenvalue weighted by Crippen LogP contribution is 2.24. The maximum atomic E-state index is 12.3. The van der Waals surface area contributed by atoms with Crippen LogP contribution in [0.25, 0.3) is 0 Å². The number of likely N-dealkylation sites (N-methyl/N-ethyl adjacent to an activating group) is 1. The molecule has 0 saturated carbocycles. The second-order valence-electron chi connectivity index (χ2n) is 7.60. The second-order valence-corrected chi connectivity index (χ2v) is 7.60. The van der Waals surface area contributed by atoms with Crippen molar-refractivity contribution >= 4 is 11.6 Å². The number of nitrogens with zero attached hydrogens (tertiary/aromatic N) is 1. The molecule has 4 nitrogen and oxygen atoms in total. The molecule has 0 aliphatic carbocycles. The van der Waals surface area contributed by atoms with E-state index in [2.05, 4.69) is 50.4 Å². The molecule has 0 aliphatic heterocycles. The zero-order valence-corrected chi connectivity index (χ0v) is 16.5. The summed E-state index contributed by atoms with van der Waals surface area (Å²) in [6.07, 6.45) is 0. The highest BCUT2D eigenvalue weighted by atomic mass is 16.5. The summed E-state index contributed by atoms with van der Waals surface area (Å²) in [4.78, 5) is 14.4. The van der Waals surface area contributed by atoms with Gasteiger partial charge in [0.25, 0.3) is 0 Å². The van der Waals surface area contributed by atoms with Crippen molar-refractivity contribution in [3.8, 4) is 5.75 Å². The number of nitrogens with one attached hydrogen (secondary N) is 1. The van der Waals surface area contributed by atoms with Crippen LogP contribution in [-0.4, -0.2) is 31.0 Å². The minimum Gasteiger partial charge on any atom is -0.492 e. The highest BCUT2D eigenvalue weighted by molar-refractivity contribution is 5.93. The summed E-state index contributed by atoms with van der Waals surface area (Å²) in [6, 6.07) is 16.1. The van der Waals surface area contributed by atoms with Gasteiger partial charge in [-0.3, -0.25) is 9.69 Å². The predicted octanol–water partition coefficient (Wildman–Crippen LogP) is 4.45. The van der Waals surface area contributed by atoms with E-state index in [0.717, 1.165) is 6.54 Å². The molecule has 140 valence electrons. The van der Waals surface area contributed by atoms with Crippen LogP contribution in [0.3, 0.4) is 0 Å². The summed E-state index contributed by atoms with van der Waals surface area (Å²) < 4.78 is 5.55. The van der Waals surface area contributed by atoms with E-state index in [-0.39, 0.29) is 11.3 Å². The number of hydrogen-bond acceptors (Lipinski definition) is 3. The van der Waals surface area contributed by atoms with Gasteiger partial charge in [-0.2, -0.15) is 0 Å². The van der Waals surface area contributed by atoms with Gasteiger partial charge in [0.05, 0.1) is 18.8 Å². The Bertz CT molecular complexity index is 718. The van der Waals surface area contributed by atoms with E-state index in [4.69, 9.17) is 4.74 Å². The molecule has 0 heterocycles. The fourth-order valence-electron chi connectivity index (χ4n) is 2.76. The number of anilines is 1. The van der Waals surface area contributed by atoms with Crippen LogP contribution in [-0.2, 0) is 16.8 Å². The summed E-state index contributed by atoms with van der Waals surface area (Å²) in [7, 11) is 1.95. The van der Waals surface area contributed by atoms with Crippen LogP contribution < -0.4 is 10.1 Å². The lowest BCUT2D eigenvalue weighted by Crippen LogP contribution is -2.30. The van der Waals surface area contributed by atoms with Crippen molar-refractivity contribution < 1.29 is 9.53 Å². The molecule has 26 heavy (non-hydrogen) atoms. The van der Waals surface area contributed by atoms with E-state index < -0.39 is 0 Å². The molecule has 2 aromatic carbocycles. The van der Waals surface area contributed by atoms with Gasteiger partial charge in [-0.1, -0.05) is 57.2 Å². The van der Waals surface area contributed by atoms with Gasteiger partial charge in [-0.25, -0.2) is 0 Å². The average molecular weight is 354 g/mol. The van der Waals surface area contributed by atoms with Crippen molar-refractivity contribution in [2.24, 2.45) is 0 Å². The van der Waals surface area contributed by atoms with E-state index in [1.807, 2.05) is 43.1 Å². The SMILES string of the molecule is CCOc1ccccc1NC(=O)CN(C)Cc1ccc(C(C)(C)C)cc1. The maximum Gasteiger partial charge on any atom is 0.238 e. The summed E-state index contributed by atoms with van der Waals surface area (Å²) in [5.74, 6) is 0.648. The molecule has 0 aromatic heterocycles. The minimum atomic E-state index is -0.0500. The van der Waals surface area contributed by atoms with Crippen molar-refractivity contribution in [3.63, 3.8) is 0 Å². The zero-order valence-electron chi connectivity index (χ0n) is 16.5. The fraction of sp³-hybridized carbons (Fsp3) is 0.409. The van der Waals surface area contributed by atoms with Crippen molar-refractivity contribution in [3.05, 3.63) is 59.7 Å². The Labute approximate surface area is 157 Å². The van der Waals surface area contributed by atoms with Crippen LogP contribution in [0.4, 0.5) is 5.69 Å². The Morgan fingerprint density at radius 2 is 1.73 bits per heavy atom. The van der Waals surface area contributed by atoms with Crippen LogP contribution in [0.15, 0.2) is 48.5 Å². The molecule has 0 bridgehead atoms. The number of ether oxygens (including phenoxy) is 1. The molecule has 0 aliphatic rings. The van der Waals surface area contributed by atoms with E-state index in [1.165, 1.54) is 11.1 Å². The first kappa shape index (κ1) is 20.0. The van der Waals surface area contributed by atoms with Gasteiger partial charge >= 0.3 is 0 Å². The van der Waals surface area contributed by atoms with Crippen LogP contribution >= 0.6 is 0 Å². The fourth-order valence-corrected chi connectivity index (χ4v) is 2.76. The molecular weight excluding hydrogens is 324 g/mol.